The molecule has 0 saturated heterocycles. The van der Waals surface area contributed by atoms with E-state index in [0.29, 0.717) is 6.42 Å². The van der Waals surface area contributed by atoms with Gasteiger partial charge in [-0.05, 0) is 35.1 Å². The summed E-state index contributed by atoms with van der Waals surface area (Å²) in [5.41, 5.74) is 5.37. The molecule has 0 saturated carbocycles. The highest BCUT2D eigenvalue weighted by molar-refractivity contribution is 14.0. The number of nitrogens with one attached hydrogen (secondary N) is 1. The van der Waals surface area contributed by atoms with E-state index < -0.39 is 0 Å². The minimum atomic E-state index is 0. The first kappa shape index (κ1) is 21.6. The van der Waals surface area contributed by atoms with Gasteiger partial charge in [0.25, 0.3) is 0 Å². The van der Waals surface area contributed by atoms with Crippen LogP contribution in [0.2, 0.25) is 0 Å². The van der Waals surface area contributed by atoms with Gasteiger partial charge in [0, 0.05) is 46.2 Å². The summed E-state index contributed by atoms with van der Waals surface area (Å²) in [4.78, 5) is 21.2. The normalized spacial score (nSPS) is 15.4. The third-order valence-corrected chi connectivity index (χ3v) is 5.69. The zero-order valence-electron chi connectivity index (χ0n) is 16.9. The lowest BCUT2D eigenvalue weighted by Crippen LogP contribution is -2.44. The van der Waals surface area contributed by atoms with Crippen molar-refractivity contribution in [3.05, 3.63) is 70.8 Å². The van der Waals surface area contributed by atoms with Gasteiger partial charge in [-0.1, -0.05) is 48.5 Å². The molecule has 2 aromatic carbocycles. The van der Waals surface area contributed by atoms with E-state index in [4.69, 9.17) is 0 Å². The van der Waals surface area contributed by atoms with Crippen molar-refractivity contribution in [1.82, 2.24) is 15.1 Å². The van der Waals surface area contributed by atoms with Crippen LogP contribution in [-0.2, 0) is 30.8 Å². The standard InChI is InChI=1S/C23H28N4O.HI/c1-24-23(26-14-12-18-7-2-3-8-19(18)15-26)25-13-6-11-22(28)27-16-20-9-4-5-10-21(20)17-27;/h2-5,7-10H,6,11-17H2,1H3,(H,24,25);1H. The number of benzene rings is 2. The van der Waals surface area contributed by atoms with Gasteiger partial charge in [0.05, 0.1) is 0 Å². The van der Waals surface area contributed by atoms with Gasteiger partial charge in [0.1, 0.15) is 0 Å². The number of amides is 1. The first-order valence-electron chi connectivity index (χ1n) is 10.1. The number of guanidine groups is 1. The summed E-state index contributed by atoms with van der Waals surface area (Å²) in [5, 5.41) is 3.44. The van der Waals surface area contributed by atoms with Gasteiger partial charge < -0.3 is 15.1 Å². The molecule has 0 aromatic heterocycles. The van der Waals surface area contributed by atoms with Crippen molar-refractivity contribution in [1.29, 1.82) is 0 Å². The molecular weight excluding hydrogens is 475 g/mol. The number of carbonyl (C=O) groups excluding carboxylic acids is 1. The van der Waals surface area contributed by atoms with Crippen LogP contribution in [0.5, 0.6) is 0 Å². The second-order valence-electron chi connectivity index (χ2n) is 7.54. The largest absolute Gasteiger partial charge is 0.356 e. The second kappa shape index (κ2) is 10.1. The van der Waals surface area contributed by atoms with Crippen LogP contribution in [0, 0.1) is 0 Å². The zero-order valence-corrected chi connectivity index (χ0v) is 19.3. The van der Waals surface area contributed by atoms with Crippen molar-refractivity contribution in [2.24, 2.45) is 4.99 Å². The van der Waals surface area contributed by atoms with Crippen molar-refractivity contribution in [2.45, 2.75) is 38.9 Å². The maximum absolute atomic E-state index is 12.5. The van der Waals surface area contributed by atoms with Gasteiger partial charge >= 0.3 is 0 Å². The maximum atomic E-state index is 12.5. The molecule has 0 aliphatic carbocycles. The average Bonchev–Trinajstić information content (AvgIpc) is 3.18. The number of carbonyl (C=O) groups is 1. The SMILES string of the molecule is CN=C(NCCCC(=O)N1Cc2ccccc2C1)N1CCc2ccccc2C1.I. The summed E-state index contributed by atoms with van der Waals surface area (Å²) in [6.45, 7) is 4.12. The van der Waals surface area contributed by atoms with E-state index in [1.54, 1.807) is 0 Å². The lowest BCUT2D eigenvalue weighted by Gasteiger charge is -2.31. The quantitative estimate of drug-likeness (QED) is 0.300. The van der Waals surface area contributed by atoms with Crippen molar-refractivity contribution in [3.8, 4) is 0 Å². The van der Waals surface area contributed by atoms with Crippen molar-refractivity contribution >= 4 is 35.8 Å². The van der Waals surface area contributed by atoms with Gasteiger partial charge in [-0.15, -0.1) is 24.0 Å². The molecule has 29 heavy (non-hydrogen) atoms. The van der Waals surface area contributed by atoms with E-state index >= 15 is 0 Å². The Bertz CT molecular complexity index is 858. The molecule has 6 heteroatoms. The molecule has 0 bridgehead atoms. The molecule has 5 nitrogen and oxygen atoms in total. The predicted molar refractivity (Wildman–Crippen MR) is 127 cm³/mol. The topological polar surface area (TPSA) is 47.9 Å². The highest BCUT2D eigenvalue weighted by Gasteiger charge is 2.22. The Morgan fingerprint density at radius 3 is 2.10 bits per heavy atom. The van der Waals surface area contributed by atoms with E-state index in [0.717, 1.165) is 51.5 Å². The summed E-state index contributed by atoms with van der Waals surface area (Å²) in [6.07, 6.45) is 2.43. The van der Waals surface area contributed by atoms with Crippen molar-refractivity contribution in [2.75, 3.05) is 20.1 Å². The Hall–Kier alpha value is -2.09. The van der Waals surface area contributed by atoms with E-state index in [9.17, 15) is 4.79 Å². The highest BCUT2D eigenvalue weighted by Crippen LogP contribution is 2.23. The molecule has 0 radical (unpaired) electrons. The summed E-state index contributed by atoms with van der Waals surface area (Å²) in [7, 11) is 1.83. The molecule has 1 N–H and O–H groups in total. The Kier molecular flexibility index (Phi) is 7.52. The first-order valence-corrected chi connectivity index (χ1v) is 10.1. The predicted octanol–water partition coefficient (Wildman–Crippen LogP) is 3.56. The molecule has 4 rings (SSSR count). The summed E-state index contributed by atoms with van der Waals surface area (Å²) in [5.74, 6) is 1.16. The molecule has 1 amide bonds. The molecular formula is C23H29IN4O. The van der Waals surface area contributed by atoms with Crippen LogP contribution in [-0.4, -0.2) is 41.8 Å². The maximum Gasteiger partial charge on any atom is 0.223 e. The number of fused-ring (bicyclic) bond motifs is 2. The fraction of sp³-hybridized carbons (Fsp3) is 0.391. The number of hydrogen-bond acceptors (Lipinski definition) is 2. The van der Waals surface area contributed by atoms with Gasteiger partial charge in [0.2, 0.25) is 5.91 Å². The molecule has 2 aliphatic rings. The molecule has 2 aliphatic heterocycles. The third-order valence-electron chi connectivity index (χ3n) is 5.69. The van der Waals surface area contributed by atoms with Gasteiger partial charge in [-0.2, -0.15) is 0 Å². The second-order valence-corrected chi connectivity index (χ2v) is 7.54. The number of halogens is 1. The molecule has 2 aromatic rings. The van der Waals surface area contributed by atoms with Gasteiger partial charge in [-0.3, -0.25) is 9.79 Å². The van der Waals surface area contributed by atoms with Crippen LogP contribution in [0.1, 0.15) is 35.1 Å². The van der Waals surface area contributed by atoms with Crippen LogP contribution >= 0.6 is 24.0 Å². The number of aliphatic imine (C=N–C) groups is 1. The summed E-state index contributed by atoms with van der Waals surface area (Å²) >= 11 is 0. The Morgan fingerprint density at radius 2 is 1.48 bits per heavy atom. The first-order chi connectivity index (χ1) is 13.7. The Labute approximate surface area is 190 Å². The minimum absolute atomic E-state index is 0. The molecule has 154 valence electrons. The highest BCUT2D eigenvalue weighted by atomic mass is 127. The fourth-order valence-electron chi connectivity index (χ4n) is 4.12. The van der Waals surface area contributed by atoms with E-state index in [1.807, 2.05) is 24.1 Å². The third kappa shape index (κ3) is 5.10. The average molecular weight is 504 g/mol. The van der Waals surface area contributed by atoms with Crippen LogP contribution in [0.25, 0.3) is 0 Å². The molecule has 0 spiro atoms. The zero-order chi connectivity index (χ0) is 19.3. The van der Waals surface area contributed by atoms with Gasteiger partial charge in [0.15, 0.2) is 5.96 Å². The van der Waals surface area contributed by atoms with Crippen molar-refractivity contribution in [3.63, 3.8) is 0 Å². The fourth-order valence-corrected chi connectivity index (χ4v) is 4.12. The Balaban J connectivity index is 0.00000240. The number of nitrogens with zero attached hydrogens (tertiary/aromatic N) is 3. The van der Waals surface area contributed by atoms with Crippen LogP contribution in [0.3, 0.4) is 0 Å². The van der Waals surface area contributed by atoms with E-state index in [1.165, 1.54) is 22.3 Å². The van der Waals surface area contributed by atoms with Gasteiger partial charge in [-0.25, -0.2) is 0 Å². The van der Waals surface area contributed by atoms with Crippen LogP contribution in [0.15, 0.2) is 53.5 Å². The lowest BCUT2D eigenvalue weighted by atomic mass is 10.0. The lowest BCUT2D eigenvalue weighted by molar-refractivity contribution is -0.131. The summed E-state index contributed by atoms with van der Waals surface area (Å²) in [6, 6.07) is 16.9. The molecule has 0 atom stereocenters. The van der Waals surface area contributed by atoms with E-state index in [2.05, 4.69) is 51.6 Å². The van der Waals surface area contributed by atoms with E-state index in [-0.39, 0.29) is 29.9 Å². The minimum Gasteiger partial charge on any atom is -0.356 e. The summed E-state index contributed by atoms with van der Waals surface area (Å²) < 4.78 is 0. The number of rotatable bonds is 4. The monoisotopic (exact) mass is 504 g/mol. The van der Waals surface area contributed by atoms with Crippen LogP contribution in [0.4, 0.5) is 0 Å². The molecule has 0 unspecified atom stereocenters. The van der Waals surface area contributed by atoms with Crippen molar-refractivity contribution < 1.29 is 4.79 Å². The smallest absolute Gasteiger partial charge is 0.223 e. The molecule has 2 heterocycles. The molecule has 0 fully saturated rings. The Morgan fingerprint density at radius 1 is 0.931 bits per heavy atom. The van der Waals surface area contributed by atoms with Crippen LogP contribution < -0.4 is 5.32 Å². The number of hydrogen-bond donors (Lipinski definition) is 1.